The second-order valence-electron chi connectivity index (χ2n) is 9.18. The second-order valence-corrected chi connectivity index (χ2v) is 9.18. The molecular formula is C27H30N6O5. The topological polar surface area (TPSA) is 140 Å². The minimum absolute atomic E-state index is 0.0405. The molecule has 0 aliphatic carbocycles. The average molecular weight is 519 g/mol. The molecule has 4 aromatic rings. The molecule has 0 aliphatic rings. The molecule has 1 unspecified atom stereocenters. The zero-order valence-corrected chi connectivity index (χ0v) is 21.5. The number of carbonyl (C=O) groups excluding carboxylic acids is 1. The maximum Gasteiger partial charge on any atom is 0.407 e. The van der Waals surface area contributed by atoms with Crippen LogP contribution in [0, 0.1) is 20.8 Å². The van der Waals surface area contributed by atoms with E-state index in [0.717, 1.165) is 27.7 Å². The molecular weight excluding hydrogens is 488 g/mol. The Morgan fingerprint density at radius 2 is 1.79 bits per heavy atom. The number of aromatic nitrogens is 4. The SMILES string of the molecule is Cc1cc2ncn(CNc3nc(=O)n(CC(CC(=O)O)NC(=O)OCc4ccccc4)cc3C)c2cc1C. The molecule has 2 aromatic carbocycles. The average Bonchev–Trinajstić information content (AvgIpc) is 3.25. The number of amides is 1. The smallest absolute Gasteiger partial charge is 0.407 e. The summed E-state index contributed by atoms with van der Waals surface area (Å²) in [5, 5.41) is 15.0. The number of aryl methyl sites for hydroxylation is 3. The summed E-state index contributed by atoms with van der Waals surface area (Å²) in [5.74, 6) is -0.714. The lowest BCUT2D eigenvalue weighted by Gasteiger charge is -2.19. The van der Waals surface area contributed by atoms with Gasteiger partial charge in [-0.3, -0.25) is 9.36 Å². The minimum Gasteiger partial charge on any atom is -0.481 e. The van der Waals surface area contributed by atoms with Crippen LogP contribution in [0.2, 0.25) is 0 Å². The highest BCUT2D eigenvalue weighted by atomic mass is 16.5. The van der Waals surface area contributed by atoms with Crippen LogP contribution in [-0.2, 0) is 29.4 Å². The third kappa shape index (κ3) is 6.55. The third-order valence-electron chi connectivity index (χ3n) is 6.20. The predicted molar refractivity (Wildman–Crippen MR) is 142 cm³/mol. The van der Waals surface area contributed by atoms with E-state index in [1.807, 2.05) is 54.8 Å². The fraction of sp³-hybridized carbons (Fsp3) is 0.296. The molecule has 11 nitrogen and oxygen atoms in total. The van der Waals surface area contributed by atoms with Crippen molar-refractivity contribution in [2.75, 3.05) is 5.32 Å². The van der Waals surface area contributed by atoms with Gasteiger partial charge in [0.15, 0.2) is 0 Å². The van der Waals surface area contributed by atoms with Gasteiger partial charge in [-0.25, -0.2) is 14.6 Å². The minimum atomic E-state index is -1.12. The van der Waals surface area contributed by atoms with E-state index in [-0.39, 0.29) is 13.2 Å². The molecule has 198 valence electrons. The predicted octanol–water partition coefficient (Wildman–Crippen LogP) is 3.36. The van der Waals surface area contributed by atoms with Crippen LogP contribution in [0.25, 0.3) is 11.0 Å². The second kappa shape index (κ2) is 11.6. The molecule has 2 aromatic heterocycles. The number of benzene rings is 2. The summed E-state index contributed by atoms with van der Waals surface area (Å²) in [5.41, 5.74) is 5.08. The van der Waals surface area contributed by atoms with Crippen molar-refractivity contribution < 1.29 is 19.4 Å². The fourth-order valence-corrected chi connectivity index (χ4v) is 4.05. The van der Waals surface area contributed by atoms with Crippen molar-refractivity contribution in [3.63, 3.8) is 0 Å². The Morgan fingerprint density at radius 1 is 1.05 bits per heavy atom. The van der Waals surface area contributed by atoms with E-state index in [0.29, 0.717) is 18.1 Å². The molecule has 38 heavy (non-hydrogen) atoms. The number of hydrogen-bond donors (Lipinski definition) is 3. The van der Waals surface area contributed by atoms with Crippen LogP contribution < -0.4 is 16.3 Å². The van der Waals surface area contributed by atoms with Gasteiger partial charge in [0.05, 0.1) is 36.5 Å². The van der Waals surface area contributed by atoms with Gasteiger partial charge >= 0.3 is 17.8 Å². The van der Waals surface area contributed by atoms with E-state index in [1.54, 1.807) is 19.4 Å². The number of ether oxygens (including phenoxy) is 1. The van der Waals surface area contributed by atoms with Gasteiger partial charge in [0.2, 0.25) is 0 Å². The normalized spacial score (nSPS) is 11.8. The molecule has 0 spiro atoms. The Balaban J connectivity index is 1.42. The number of anilines is 1. The van der Waals surface area contributed by atoms with Crippen molar-refractivity contribution >= 4 is 28.9 Å². The zero-order chi connectivity index (χ0) is 27.2. The highest BCUT2D eigenvalue weighted by Gasteiger charge is 2.19. The van der Waals surface area contributed by atoms with Gasteiger partial charge in [-0.1, -0.05) is 30.3 Å². The maximum atomic E-state index is 12.8. The van der Waals surface area contributed by atoms with Crippen LogP contribution >= 0.6 is 0 Å². The van der Waals surface area contributed by atoms with Gasteiger partial charge in [-0.15, -0.1) is 0 Å². The summed E-state index contributed by atoms with van der Waals surface area (Å²) >= 11 is 0. The number of hydrogen-bond acceptors (Lipinski definition) is 7. The Kier molecular flexibility index (Phi) is 8.05. The molecule has 0 fully saturated rings. The molecule has 4 rings (SSSR count). The summed E-state index contributed by atoms with van der Waals surface area (Å²) in [6, 6.07) is 12.3. The monoisotopic (exact) mass is 518 g/mol. The molecule has 0 radical (unpaired) electrons. The molecule has 2 heterocycles. The van der Waals surface area contributed by atoms with Crippen LogP contribution in [0.5, 0.6) is 0 Å². The standard InChI is InChI=1S/C27H30N6O5/c1-17-9-22-23(10-18(17)2)33(15-28-22)16-29-25-19(3)12-32(26(36)31-25)13-21(11-24(34)35)30-27(37)38-14-20-7-5-4-6-8-20/h4-10,12,15,21H,11,13-14,16H2,1-3H3,(H,30,37)(H,34,35)(H,29,31,36). The molecule has 0 saturated carbocycles. The van der Waals surface area contributed by atoms with E-state index in [9.17, 15) is 19.5 Å². The van der Waals surface area contributed by atoms with E-state index in [1.165, 1.54) is 4.57 Å². The van der Waals surface area contributed by atoms with E-state index >= 15 is 0 Å². The molecule has 0 saturated heterocycles. The lowest BCUT2D eigenvalue weighted by atomic mass is 10.1. The van der Waals surface area contributed by atoms with Gasteiger partial charge in [0.25, 0.3) is 0 Å². The molecule has 3 N–H and O–H groups in total. The van der Waals surface area contributed by atoms with Crippen molar-refractivity contribution in [2.24, 2.45) is 0 Å². The van der Waals surface area contributed by atoms with Crippen LogP contribution in [0.3, 0.4) is 0 Å². The van der Waals surface area contributed by atoms with Crippen molar-refractivity contribution in [2.45, 2.75) is 53.1 Å². The number of alkyl carbamates (subject to hydrolysis) is 1. The van der Waals surface area contributed by atoms with E-state index in [4.69, 9.17) is 4.74 Å². The van der Waals surface area contributed by atoms with Crippen LogP contribution in [-0.4, -0.2) is 42.3 Å². The summed E-state index contributed by atoms with van der Waals surface area (Å²) < 4.78 is 8.41. The first-order valence-corrected chi connectivity index (χ1v) is 12.1. The fourth-order valence-electron chi connectivity index (χ4n) is 4.05. The van der Waals surface area contributed by atoms with Gasteiger partial charge < -0.3 is 25.0 Å². The molecule has 0 aliphatic heterocycles. The largest absolute Gasteiger partial charge is 0.481 e. The number of carboxylic acid groups (broad SMARTS) is 1. The highest BCUT2D eigenvalue weighted by molar-refractivity contribution is 5.77. The summed E-state index contributed by atoms with van der Waals surface area (Å²) in [6.45, 7) is 6.19. The Hall–Kier alpha value is -4.67. The first kappa shape index (κ1) is 26.4. The Labute approximate surface area is 219 Å². The van der Waals surface area contributed by atoms with E-state index < -0.39 is 30.2 Å². The summed E-state index contributed by atoms with van der Waals surface area (Å²) in [6.07, 6.45) is 2.15. The maximum absolute atomic E-state index is 12.8. The van der Waals surface area contributed by atoms with Gasteiger partial charge in [-0.2, -0.15) is 4.98 Å². The van der Waals surface area contributed by atoms with Crippen molar-refractivity contribution in [3.8, 4) is 0 Å². The van der Waals surface area contributed by atoms with Gasteiger partial charge in [0.1, 0.15) is 12.4 Å². The van der Waals surface area contributed by atoms with Crippen LogP contribution in [0.4, 0.5) is 10.6 Å². The van der Waals surface area contributed by atoms with Crippen molar-refractivity contribution in [1.82, 2.24) is 24.4 Å². The summed E-state index contributed by atoms with van der Waals surface area (Å²) in [4.78, 5) is 45.0. The number of rotatable bonds is 10. The number of aliphatic carboxylic acids is 1. The highest BCUT2D eigenvalue weighted by Crippen LogP contribution is 2.19. The first-order valence-electron chi connectivity index (χ1n) is 12.1. The Morgan fingerprint density at radius 3 is 2.53 bits per heavy atom. The number of carboxylic acids is 1. The quantitative estimate of drug-likeness (QED) is 0.290. The number of imidazole rings is 1. The first-order chi connectivity index (χ1) is 18.2. The van der Waals surface area contributed by atoms with E-state index in [2.05, 4.69) is 26.7 Å². The summed E-state index contributed by atoms with van der Waals surface area (Å²) in [7, 11) is 0. The van der Waals surface area contributed by atoms with Crippen LogP contribution in [0.1, 0.15) is 28.7 Å². The molecule has 11 heteroatoms. The van der Waals surface area contributed by atoms with Crippen molar-refractivity contribution in [1.29, 1.82) is 0 Å². The number of carbonyl (C=O) groups is 2. The zero-order valence-electron chi connectivity index (χ0n) is 21.5. The van der Waals surface area contributed by atoms with Crippen molar-refractivity contribution in [3.05, 3.63) is 87.7 Å². The molecule has 1 amide bonds. The molecule has 0 bridgehead atoms. The molecule has 1 atom stereocenters. The number of nitrogens with one attached hydrogen (secondary N) is 2. The van der Waals surface area contributed by atoms with Crippen LogP contribution in [0.15, 0.2) is 59.8 Å². The number of fused-ring (bicyclic) bond motifs is 1. The third-order valence-corrected chi connectivity index (χ3v) is 6.20. The van der Waals surface area contributed by atoms with Gasteiger partial charge in [0, 0.05) is 18.3 Å². The van der Waals surface area contributed by atoms with Gasteiger partial charge in [-0.05, 0) is 49.6 Å². The Bertz CT molecular complexity index is 1510. The number of nitrogens with zero attached hydrogens (tertiary/aromatic N) is 4. The lowest BCUT2D eigenvalue weighted by molar-refractivity contribution is -0.137. The lowest BCUT2D eigenvalue weighted by Crippen LogP contribution is -2.42.